The maximum Gasteiger partial charge on any atom is 0.416 e. The van der Waals surface area contributed by atoms with Gasteiger partial charge in [-0.1, -0.05) is 23.7 Å². The summed E-state index contributed by atoms with van der Waals surface area (Å²) in [5.41, 5.74) is -0.953. The van der Waals surface area contributed by atoms with Gasteiger partial charge in [0.25, 0.3) is 11.9 Å². The molecule has 4 rings (SSSR count). The van der Waals surface area contributed by atoms with Gasteiger partial charge in [-0.2, -0.15) is 13.2 Å². The van der Waals surface area contributed by atoms with Crippen LogP contribution in [0.4, 0.5) is 24.7 Å². The van der Waals surface area contributed by atoms with Crippen LogP contribution in [0.2, 0.25) is 5.02 Å². The van der Waals surface area contributed by atoms with Gasteiger partial charge in [0, 0.05) is 31.3 Å². The molecule has 2 heterocycles. The van der Waals surface area contributed by atoms with Crippen LogP contribution in [0.1, 0.15) is 24.5 Å². The molecule has 0 fully saturated rings. The second-order valence-electron chi connectivity index (χ2n) is 8.15. The van der Waals surface area contributed by atoms with Gasteiger partial charge in [0.2, 0.25) is 0 Å². The van der Waals surface area contributed by atoms with Crippen molar-refractivity contribution >= 4 is 23.1 Å². The number of alkyl halides is 3. The number of aliphatic hydroxyl groups excluding tert-OH is 1. The standard InChI is InChI=1S/C24H24ClF3N4O4/c1-2-30-20-19(21(34)31(23(30)35)12-3-13-33)32(14-15-4-8-17(25)9-5-15)22(29-20)36-18-10-6-16(7-11-18)24(26,27)28/h4-11,22,29,33H,2-3,12-14H2,1H3. The van der Waals surface area contributed by atoms with Crippen LogP contribution in [0.5, 0.6) is 5.75 Å². The zero-order valence-electron chi connectivity index (χ0n) is 19.3. The van der Waals surface area contributed by atoms with Crippen molar-refractivity contribution in [1.82, 2.24) is 9.13 Å². The Hall–Kier alpha value is -3.44. The summed E-state index contributed by atoms with van der Waals surface area (Å²) in [4.78, 5) is 28.1. The first-order valence-corrected chi connectivity index (χ1v) is 11.6. The fourth-order valence-corrected chi connectivity index (χ4v) is 4.14. The molecule has 0 spiro atoms. The van der Waals surface area contributed by atoms with Crippen molar-refractivity contribution in [1.29, 1.82) is 0 Å². The molecule has 0 radical (unpaired) electrons. The molecular weight excluding hydrogens is 501 g/mol. The molecule has 2 N–H and O–H groups in total. The van der Waals surface area contributed by atoms with Gasteiger partial charge in [-0.15, -0.1) is 0 Å². The molecule has 1 aliphatic rings. The lowest BCUT2D eigenvalue weighted by molar-refractivity contribution is -0.137. The fourth-order valence-electron chi connectivity index (χ4n) is 4.01. The van der Waals surface area contributed by atoms with Gasteiger partial charge in [-0.25, -0.2) is 4.79 Å². The number of nitrogens with zero attached hydrogens (tertiary/aromatic N) is 3. The molecule has 0 amide bonds. The third kappa shape index (κ3) is 5.07. The highest BCUT2D eigenvalue weighted by Gasteiger charge is 2.37. The Labute approximate surface area is 209 Å². The van der Waals surface area contributed by atoms with Crippen molar-refractivity contribution in [2.24, 2.45) is 0 Å². The largest absolute Gasteiger partial charge is 0.452 e. The summed E-state index contributed by atoms with van der Waals surface area (Å²) in [5, 5.41) is 12.8. The number of ether oxygens (including phenoxy) is 1. The van der Waals surface area contributed by atoms with E-state index in [1.54, 1.807) is 36.1 Å². The van der Waals surface area contributed by atoms with Gasteiger partial charge >= 0.3 is 11.9 Å². The van der Waals surface area contributed by atoms with Crippen LogP contribution in [0.15, 0.2) is 58.1 Å². The van der Waals surface area contributed by atoms with Crippen LogP contribution >= 0.6 is 11.6 Å². The third-order valence-electron chi connectivity index (χ3n) is 5.79. The first-order chi connectivity index (χ1) is 17.1. The van der Waals surface area contributed by atoms with E-state index in [1.165, 1.54) is 16.7 Å². The number of aliphatic hydroxyl groups is 1. The van der Waals surface area contributed by atoms with E-state index < -0.39 is 29.3 Å². The zero-order valence-corrected chi connectivity index (χ0v) is 20.0. The summed E-state index contributed by atoms with van der Waals surface area (Å²) in [7, 11) is 0. The number of aromatic nitrogens is 2. The molecule has 0 saturated heterocycles. The van der Waals surface area contributed by atoms with E-state index in [2.05, 4.69) is 5.32 Å². The minimum absolute atomic E-state index is 0.0284. The summed E-state index contributed by atoms with van der Waals surface area (Å²) in [6.07, 6.45) is -5.27. The number of fused-ring (bicyclic) bond motifs is 1. The summed E-state index contributed by atoms with van der Waals surface area (Å²) >= 11 is 6.00. The predicted octanol–water partition coefficient (Wildman–Crippen LogP) is 3.88. The lowest BCUT2D eigenvalue weighted by Gasteiger charge is -2.26. The van der Waals surface area contributed by atoms with Crippen molar-refractivity contribution in [3.8, 4) is 5.75 Å². The molecular formula is C24H24ClF3N4O4. The second-order valence-corrected chi connectivity index (χ2v) is 8.59. The molecule has 0 bridgehead atoms. The molecule has 1 unspecified atom stereocenters. The Morgan fingerprint density at radius 3 is 2.31 bits per heavy atom. The number of nitrogens with one attached hydrogen (secondary N) is 1. The number of rotatable bonds is 8. The van der Waals surface area contributed by atoms with Crippen LogP contribution in [0.3, 0.4) is 0 Å². The minimum Gasteiger partial charge on any atom is -0.452 e. The second kappa shape index (κ2) is 10.3. The highest BCUT2D eigenvalue weighted by Crippen LogP contribution is 2.34. The molecule has 2 aromatic carbocycles. The monoisotopic (exact) mass is 524 g/mol. The van der Waals surface area contributed by atoms with Gasteiger partial charge in [0.05, 0.1) is 5.56 Å². The lowest BCUT2D eigenvalue weighted by Crippen LogP contribution is -2.43. The van der Waals surface area contributed by atoms with E-state index in [-0.39, 0.29) is 49.9 Å². The van der Waals surface area contributed by atoms with Crippen LogP contribution in [-0.2, 0) is 25.8 Å². The molecule has 36 heavy (non-hydrogen) atoms. The molecule has 12 heteroatoms. The number of halogens is 4. The van der Waals surface area contributed by atoms with Gasteiger partial charge < -0.3 is 20.1 Å². The van der Waals surface area contributed by atoms with Crippen molar-refractivity contribution in [2.45, 2.75) is 45.5 Å². The Kier molecular flexibility index (Phi) is 7.32. The van der Waals surface area contributed by atoms with E-state index >= 15 is 0 Å². The lowest BCUT2D eigenvalue weighted by atomic mass is 10.2. The molecule has 1 aliphatic heterocycles. The van der Waals surface area contributed by atoms with E-state index in [9.17, 15) is 27.9 Å². The fraction of sp³-hybridized carbons (Fsp3) is 0.333. The van der Waals surface area contributed by atoms with Crippen LogP contribution in [-0.4, -0.2) is 27.2 Å². The Balaban J connectivity index is 1.77. The molecule has 3 aromatic rings. The van der Waals surface area contributed by atoms with E-state index in [4.69, 9.17) is 16.3 Å². The molecule has 1 aromatic heterocycles. The van der Waals surface area contributed by atoms with Crippen molar-refractivity contribution < 1.29 is 23.0 Å². The van der Waals surface area contributed by atoms with Crippen LogP contribution in [0, 0.1) is 0 Å². The van der Waals surface area contributed by atoms with Crippen molar-refractivity contribution in [2.75, 3.05) is 16.8 Å². The van der Waals surface area contributed by atoms with Gasteiger partial charge in [0.1, 0.15) is 17.3 Å². The van der Waals surface area contributed by atoms with Crippen molar-refractivity contribution in [3.05, 3.63) is 85.5 Å². The molecule has 0 aliphatic carbocycles. The molecule has 192 valence electrons. The van der Waals surface area contributed by atoms with Crippen LogP contribution in [0.25, 0.3) is 0 Å². The minimum atomic E-state index is -4.49. The number of hydrogen-bond donors (Lipinski definition) is 2. The quantitative estimate of drug-likeness (QED) is 0.465. The summed E-state index contributed by atoms with van der Waals surface area (Å²) < 4.78 is 47.3. The zero-order chi connectivity index (χ0) is 26.0. The average Bonchev–Trinajstić information content (AvgIpc) is 3.18. The Morgan fingerprint density at radius 2 is 1.72 bits per heavy atom. The number of hydrogen-bond acceptors (Lipinski definition) is 6. The highest BCUT2D eigenvalue weighted by atomic mass is 35.5. The topological polar surface area (TPSA) is 88.7 Å². The maximum atomic E-state index is 13.4. The normalized spacial score (nSPS) is 15.1. The van der Waals surface area contributed by atoms with Gasteiger partial charge in [0.15, 0.2) is 0 Å². The van der Waals surface area contributed by atoms with Gasteiger partial charge in [-0.05, 0) is 55.3 Å². The first kappa shape index (κ1) is 25.6. The summed E-state index contributed by atoms with van der Waals surface area (Å²) in [5.74, 6) is 0.388. The number of benzene rings is 2. The summed E-state index contributed by atoms with van der Waals surface area (Å²) in [6.45, 7) is 2.01. The SMILES string of the molecule is CCn1c2c(c(=O)n(CCCO)c1=O)N(Cc1ccc(Cl)cc1)C(Oc1ccc(C(F)(F)F)cc1)N2. The molecule has 8 nitrogen and oxygen atoms in total. The van der Waals surface area contributed by atoms with E-state index in [0.29, 0.717) is 5.02 Å². The summed E-state index contributed by atoms with van der Waals surface area (Å²) in [6, 6.07) is 11.1. The van der Waals surface area contributed by atoms with Crippen molar-refractivity contribution in [3.63, 3.8) is 0 Å². The predicted molar refractivity (Wildman–Crippen MR) is 129 cm³/mol. The first-order valence-electron chi connectivity index (χ1n) is 11.2. The Morgan fingerprint density at radius 1 is 1.06 bits per heavy atom. The maximum absolute atomic E-state index is 13.4. The smallest absolute Gasteiger partial charge is 0.416 e. The number of anilines is 2. The van der Waals surface area contributed by atoms with E-state index in [1.807, 2.05) is 0 Å². The molecule has 0 saturated carbocycles. The Bertz CT molecular complexity index is 1340. The average molecular weight is 525 g/mol. The molecule has 1 atom stereocenters. The van der Waals surface area contributed by atoms with Crippen LogP contribution < -0.4 is 26.2 Å². The highest BCUT2D eigenvalue weighted by molar-refractivity contribution is 6.30. The third-order valence-corrected chi connectivity index (χ3v) is 6.04. The van der Waals surface area contributed by atoms with Gasteiger partial charge in [-0.3, -0.25) is 13.9 Å². The van der Waals surface area contributed by atoms with E-state index in [0.717, 1.165) is 22.3 Å².